The molecule has 0 saturated heterocycles. The number of rotatable bonds is 5. The van der Waals surface area contributed by atoms with Gasteiger partial charge in [0.2, 0.25) is 0 Å². The van der Waals surface area contributed by atoms with Crippen LogP contribution >= 0.6 is 0 Å². The highest BCUT2D eigenvalue weighted by molar-refractivity contribution is 6.24. The second kappa shape index (κ2) is 12.8. The predicted octanol–water partition coefficient (Wildman–Crippen LogP) is 16.2. The minimum Gasteiger partial charge on any atom is -0.456 e. The molecule has 278 valence electrons. The molecule has 0 saturated carbocycles. The van der Waals surface area contributed by atoms with E-state index >= 15 is 0 Å². The van der Waals surface area contributed by atoms with Crippen LogP contribution in [0.3, 0.4) is 0 Å². The second-order valence-electron chi connectivity index (χ2n) is 16.5. The normalized spacial score (nSPS) is 13.1. The monoisotopic (exact) mass is 753 g/mol. The Balaban J connectivity index is 1.01. The lowest BCUT2D eigenvalue weighted by Crippen LogP contribution is -2.16. The number of fused-ring (bicyclic) bond motifs is 11. The summed E-state index contributed by atoms with van der Waals surface area (Å²) in [5.41, 5.74) is 15.3. The van der Waals surface area contributed by atoms with Crippen molar-refractivity contribution in [2.45, 2.75) is 19.3 Å². The number of anilines is 3. The molecule has 0 amide bonds. The Bertz CT molecular complexity index is 3430. The first-order valence-electron chi connectivity index (χ1n) is 20.5. The van der Waals surface area contributed by atoms with Crippen LogP contribution in [-0.2, 0) is 5.41 Å². The van der Waals surface area contributed by atoms with Gasteiger partial charge >= 0.3 is 0 Å². The first-order chi connectivity index (χ1) is 29.0. The summed E-state index contributed by atoms with van der Waals surface area (Å²) in [6.07, 6.45) is 0. The highest BCUT2D eigenvalue weighted by atomic mass is 16.3. The van der Waals surface area contributed by atoms with Gasteiger partial charge in [-0.15, -0.1) is 0 Å². The first-order valence-corrected chi connectivity index (χ1v) is 20.5. The lowest BCUT2D eigenvalue weighted by Gasteiger charge is -2.28. The summed E-state index contributed by atoms with van der Waals surface area (Å²) in [6.45, 7) is 4.77. The Kier molecular flexibility index (Phi) is 7.31. The van der Waals surface area contributed by atoms with E-state index in [-0.39, 0.29) is 5.41 Å². The van der Waals surface area contributed by atoms with E-state index in [9.17, 15) is 0 Å². The molecular weight excluding hydrogens is 715 g/mol. The van der Waals surface area contributed by atoms with Gasteiger partial charge < -0.3 is 9.32 Å². The molecule has 0 bridgehead atoms. The van der Waals surface area contributed by atoms with E-state index in [1.807, 2.05) is 12.1 Å². The highest BCUT2D eigenvalue weighted by Crippen LogP contribution is 2.52. The lowest BCUT2D eigenvalue weighted by atomic mass is 9.81. The SMILES string of the molecule is CC1(C)c2cc(-c3cc4c5ccccc5c(-c5ccc6oc7ccccc7c6c5)cc4c4ccccc34)ccc2-c2ccc(N(c3ccccc3)c3ccccc3)cc21. The van der Waals surface area contributed by atoms with Crippen LogP contribution in [0.2, 0.25) is 0 Å². The van der Waals surface area contributed by atoms with Gasteiger partial charge in [-0.05, 0) is 150 Å². The maximum atomic E-state index is 6.22. The van der Waals surface area contributed by atoms with Crippen LogP contribution in [0.1, 0.15) is 25.0 Å². The van der Waals surface area contributed by atoms with Crippen molar-refractivity contribution in [1.82, 2.24) is 0 Å². The van der Waals surface area contributed by atoms with Gasteiger partial charge in [-0.25, -0.2) is 0 Å². The molecule has 2 heteroatoms. The summed E-state index contributed by atoms with van der Waals surface area (Å²) >= 11 is 0. The fraction of sp³-hybridized carbons (Fsp3) is 0.0526. The van der Waals surface area contributed by atoms with E-state index in [4.69, 9.17) is 4.42 Å². The largest absolute Gasteiger partial charge is 0.456 e. The van der Waals surface area contributed by atoms with E-state index in [2.05, 4.69) is 207 Å². The van der Waals surface area contributed by atoms with Crippen LogP contribution in [0.4, 0.5) is 17.1 Å². The summed E-state index contributed by atoms with van der Waals surface area (Å²) in [5.74, 6) is 0. The van der Waals surface area contributed by atoms with Gasteiger partial charge in [0.1, 0.15) is 11.2 Å². The number of para-hydroxylation sites is 3. The molecule has 1 aliphatic carbocycles. The molecule has 0 radical (unpaired) electrons. The molecule has 12 rings (SSSR count). The first kappa shape index (κ1) is 33.7. The molecular formula is C57H39NO. The van der Waals surface area contributed by atoms with Crippen molar-refractivity contribution in [3.63, 3.8) is 0 Å². The Labute approximate surface area is 343 Å². The maximum absolute atomic E-state index is 6.22. The summed E-state index contributed by atoms with van der Waals surface area (Å²) in [7, 11) is 0. The number of hydrogen-bond acceptors (Lipinski definition) is 2. The van der Waals surface area contributed by atoms with Crippen LogP contribution in [0.25, 0.3) is 87.6 Å². The number of nitrogens with zero attached hydrogens (tertiary/aromatic N) is 1. The van der Waals surface area contributed by atoms with Gasteiger partial charge in [0.15, 0.2) is 0 Å². The average molecular weight is 754 g/mol. The number of benzene rings is 10. The smallest absolute Gasteiger partial charge is 0.135 e. The van der Waals surface area contributed by atoms with Crippen LogP contribution in [0.5, 0.6) is 0 Å². The van der Waals surface area contributed by atoms with Crippen molar-refractivity contribution < 1.29 is 4.42 Å². The molecule has 1 heterocycles. The van der Waals surface area contributed by atoms with Crippen molar-refractivity contribution in [3.05, 3.63) is 211 Å². The summed E-state index contributed by atoms with van der Waals surface area (Å²) in [4.78, 5) is 2.36. The molecule has 10 aromatic carbocycles. The zero-order valence-electron chi connectivity index (χ0n) is 32.9. The third-order valence-corrected chi connectivity index (χ3v) is 12.8. The third kappa shape index (κ3) is 5.13. The fourth-order valence-electron chi connectivity index (χ4n) is 9.96. The molecule has 0 fully saturated rings. The summed E-state index contributed by atoms with van der Waals surface area (Å²) < 4.78 is 6.22. The second-order valence-corrected chi connectivity index (χ2v) is 16.5. The van der Waals surface area contributed by atoms with Crippen molar-refractivity contribution in [2.24, 2.45) is 0 Å². The average Bonchev–Trinajstić information content (AvgIpc) is 3.77. The molecule has 0 N–H and O–H groups in total. The number of furan rings is 1. The minimum absolute atomic E-state index is 0.203. The Morgan fingerprint density at radius 1 is 0.322 bits per heavy atom. The molecule has 2 nitrogen and oxygen atoms in total. The van der Waals surface area contributed by atoms with Crippen molar-refractivity contribution in [2.75, 3.05) is 4.90 Å². The van der Waals surface area contributed by atoms with Crippen LogP contribution < -0.4 is 4.90 Å². The minimum atomic E-state index is -0.203. The molecule has 0 aliphatic heterocycles. The zero-order valence-corrected chi connectivity index (χ0v) is 32.9. The lowest BCUT2D eigenvalue weighted by molar-refractivity contribution is 0.660. The van der Waals surface area contributed by atoms with Gasteiger partial charge in [0.05, 0.1) is 0 Å². The molecule has 1 aromatic heterocycles. The van der Waals surface area contributed by atoms with Crippen LogP contribution in [0, 0.1) is 0 Å². The van der Waals surface area contributed by atoms with E-state index in [0.717, 1.165) is 39.0 Å². The molecule has 1 aliphatic rings. The zero-order chi connectivity index (χ0) is 39.2. The third-order valence-electron chi connectivity index (χ3n) is 12.8. The van der Waals surface area contributed by atoms with Crippen LogP contribution in [-0.4, -0.2) is 0 Å². The van der Waals surface area contributed by atoms with E-state index in [1.165, 1.54) is 76.8 Å². The van der Waals surface area contributed by atoms with Gasteiger partial charge in [-0.3, -0.25) is 0 Å². The Hall–Kier alpha value is -7.42. The van der Waals surface area contributed by atoms with Gasteiger partial charge in [0, 0.05) is 33.2 Å². The topological polar surface area (TPSA) is 16.4 Å². The number of hydrogen-bond donors (Lipinski definition) is 0. The Morgan fingerprint density at radius 2 is 0.797 bits per heavy atom. The van der Waals surface area contributed by atoms with Gasteiger partial charge in [-0.2, -0.15) is 0 Å². The molecule has 11 aromatic rings. The van der Waals surface area contributed by atoms with Crippen molar-refractivity contribution in [3.8, 4) is 33.4 Å². The molecule has 0 atom stereocenters. The van der Waals surface area contributed by atoms with Crippen molar-refractivity contribution in [1.29, 1.82) is 0 Å². The van der Waals surface area contributed by atoms with Crippen LogP contribution in [0.15, 0.2) is 205 Å². The predicted molar refractivity (Wildman–Crippen MR) is 249 cm³/mol. The van der Waals surface area contributed by atoms with Gasteiger partial charge in [-0.1, -0.05) is 141 Å². The van der Waals surface area contributed by atoms with Crippen molar-refractivity contribution >= 4 is 71.3 Å². The highest BCUT2D eigenvalue weighted by Gasteiger charge is 2.36. The van der Waals surface area contributed by atoms with E-state index < -0.39 is 0 Å². The molecule has 0 spiro atoms. The summed E-state index contributed by atoms with van der Waals surface area (Å²) in [6, 6.07) is 73.2. The summed E-state index contributed by atoms with van der Waals surface area (Å²) in [5, 5.41) is 9.84. The van der Waals surface area contributed by atoms with Gasteiger partial charge in [0.25, 0.3) is 0 Å². The van der Waals surface area contributed by atoms with E-state index in [0.29, 0.717) is 0 Å². The maximum Gasteiger partial charge on any atom is 0.135 e. The quantitative estimate of drug-likeness (QED) is 0.163. The molecule has 59 heavy (non-hydrogen) atoms. The molecule has 0 unspecified atom stereocenters. The Morgan fingerprint density at radius 3 is 1.42 bits per heavy atom. The fourth-order valence-corrected chi connectivity index (χ4v) is 9.96. The van der Waals surface area contributed by atoms with E-state index in [1.54, 1.807) is 0 Å². The standard InChI is InChI=1S/C57H39NO/c1-57(2)53-32-37(25-28-45(53)46-29-27-40(33-54(46)57)58(38-15-5-3-6-16-38)39-17-7-4-8-18-39)49-35-51-43-21-11-9-19-41(43)48(34-50(51)44-22-12-10-20-42(44)49)36-26-30-56-52(31-36)47-23-13-14-24-55(47)59-56/h3-35H,1-2H3.